The van der Waals surface area contributed by atoms with Crippen LogP contribution in [-0.2, 0) is 23.2 Å². The summed E-state index contributed by atoms with van der Waals surface area (Å²) < 4.78 is 73.2. The number of hydrogen-bond donors (Lipinski definition) is 1. The standard InChI is InChI=1S/C26H20ClF3N4O4S2/c1-14-9-18(22-19(10-14)25(35)34(2)13-31-22)24-33-23-20(27)11-16(12-21(23)39-24)38-8-7-32-40(36,37)17-5-3-15(4-6-17)26(28,29)30/h3-6,9-13,32H,7-8H2,1-2H3. The summed E-state index contributed by atoms with van der Waals surface area (Å²) in [5.74, 6) is 0.377. The minimum absolute atomic E-state index is 0.0664. The lowest BCUT2D eigenvalue weighted by Gasteiger charge is -2.10. The van der Waals surface area contributed by atoms with Crippen molar-refractivity contribution >= 4 is 54.1 Å². The Morgan fingerprint density at radius 3 is 2.52 bits per heavy atom. The molecule has 3 aromatic carbocycles. The van der Waals surface area contributed by atoms with Crippen LogP contribution in [-0.4, -0.2) is 36.1 Å². The monoisotopic (exact) mass is 608 g/mol. The predicted octanol–water partition coefficient (Wildman–Crippen LogP) is 5.55. The molecule has 0 aliphatic heterocycles. The first kappa shape index (κ1) is 28.0. The summed E-state index contributed by atoms with van der Waals surface area (Å²) in [5, 5.41) is 1.42. The summed E-state index contributed by atoms with van der Waals surface area (Å²) in [7, 11) is -2.40. The minimum Gasteiger partial charge on any atom is -0.492 e. The van der Waals surface area contributed by atoms with Crippen LogP contribution in [0.4, 0.5) is 13.2 Å². The molecule has 0 amide bonds. The van der Waals surface area contributed by atoms with E-state index in [2.05, 4.69) is 14.7 Å². The molecule has 0 fully saturated rings. The first-order valence-corrected chi connectivity index (χ1v) is 14.4. The predicted molar refractivity (Wildman–Crippen MR) is 147 cm³/mol. The fraction of sp³-hybridized carbons (Fsp3) is 0.192. The zero-order chi connectivity index (χ0) is 28.8. The molecular formula is C26H20ClF3N4O4S2. The van der Waals surface area contributed by atoms with Crippen LogP contribution in [0.15, 0.2) is 64.5 Å². The Bertz CT molecular complexity index is 1920. The Kier molecular flexibility index (Phi) is 7.33. The van der Waals surface area contributed by atoms with Gasteiger partial charge in [-0.05, 0) is 55.0 Å². The third-order valence-electron chi connectivity index (χ3n) is 5.97. The van der Waals surface area contributed by atoms with E-state index in [1.54, 1.807) is 25.2 Å². The Balaban J connectivity index is 1.32. The van der Waals surface area contributed by atoms with Crippen molar-refractivity contribution in [2.24, 2.45) is 7.05 Å². The van der Waals surface area contributed by atoms with E-state index in [4.69, 9.17) is 16.3 Å². The molecule has 0 saturated carbocycles. The van der Waals surface area contributed by atoms with Gasteiger partial charge in [-0.15, -0.1) is 11.3 Å². The van der Waals surface area contributed by atoms with Crippen LogP contribution < -0.4 is 15.0 Å². The molecule has 0 spiro atoms. The van der Waals surface area contributed by atoms with Crippen molar-refractivity contribution < 1.29 is 26.3 Å². The van der Waals surface area contributed by atoms with Crippen molar-refractivity contribution in [3.05, 3.63) is 81.4 Å². The number of rotatable bonds is 7. The van der Waals surface area contributed by atoms with Crippen LogP contribution in [0.3, 0.4) is 0 Å². The Morgan fingerprint density at radius 2 is 1.82 bits per heavy atom. The zero-order valence-corrected chi connectivity index (χ0v) is 23.3. The van der Waals surface area contributed by atoms with Gasteiger partial charge in [0.15, 0.2) is 0 Å². The van der Waals surface area contributed by atoms with E-state index < -0.39 is 21.8 Å². The second kappa shape index (κ2) is 10.5. The SMILES string of the molecule is Cc1cc(-c2nc3c(Cl)cc(OCCNS(=O)(=O)c4ccc(C(F)(F)F)cc4)cc3s2)c2ncn(C)c(=O)c2c1. The van der Waals surface area contributed by atoms with E-state index in [9.17, 15) is 26.4 Å². The maximum atomic E-state index is 12.7. The third-order valence-corrected chi connectivity index (χ3v) is 8.77. The molecule has 0 atom stereocenters. The first-order chi connectivity index (χ1) is 18.8. The third kappa shape index (κ3) is 5.55. The van der Waals surface area contributed by atoms with Gasteiger partial charge in [-0.25, -0.2) is 23.1 Å². The second-order valence-corrected chi connectivity index (χ2v) is 12.1. The van der Waals surface area contributed by atoms with Gasteiger partial charge in [0.25, 0.3) is 5.56 Å². The number of nitrogens with one attached hydrogen (secondary N) is 1. The normalized spacial score (nSPS) is 12.3. The van der Waals surface area contributed by atoms with Crippen molar-refractivity contribution in [1.29, 1.82) is 0 Å². The second-order valence-electron chi connectivity index (χ2n) is 8.91. The summed E-state index contributed by atoms with van der Waals surface area (Å²) in [6.07, 6.45) is -3.10. The number of thiazole rings is 1. The molecule has 5 aromatic rings. The van der Waals surface area contributed by atoms with Gasteiger partial charge in [-0.2, -0.15) is 13.2 Å². The fourth-order valence-electron chi connectivity index (χ4n) is 4.05. The van der Waals surface area contributed by atoms with Gasteiger partial charge in [-0.1, -0.05) is 11.6 Å². The summed E-state index contributed by atoms with van der Waals surface area (Å²) in [5.41, 5.74) is 1.53. The summed E-state index contributed by atoms with van der Waals surface area (Å²) in [6.45, 7) is 1.68. The van der Waals surface area contributed by atoms with E-state index in [0.29, 0.717) is 54.6 Å². The van der Waals surface area contributed by atoms with E-state index in [0.717, 1.165) is 17.7 Å². The minimum atomic E-state index is -4.56. The van der Waals surface area contributed by atoms with Crippen molar-refractivity contribution in [3.63, 3.8) is 0 Å². The largest absolute Gasteiger partial charge is 0.492 e. The van der Waals surface area contributed by atoms with Gasteiger partial charge in [-0.3, -0.25) is 4.79 Å². The summed E-state index contributed by atoms with van der Waals surface area (Å²) >= 11 is 7.81. The smallest absolute Gasteiger partial charge is 0.416 e. The number of hydrogen-bond acceptors (Lipinski definition) is 7. The molecule has 208 valence electrons. The summed E-state index contributed by atoms with van der Waals surface area (Å²) in [4.78, 5) is 21.5. The number of nitrogens with zero attached hydrogens (tertiary/aromatic N) is 3. The lowest BCUT2D eigenvalue weighted by molar-refractivity contribution is -0.137. The van der Waals surface area contributed by atoms with Crippen LogP contribution in [0.1, 0.15) is 11.1 Å². The molecule has 1 N–H and O–H groups in total. The maximum absolute atomic E-state index is 12.7. The number of halogens is 4. The van der Waals surface area contributed by atoms with Crippen LogP contribution in [0.25, 0.3) is 31.7 Å². The molecule has 0 aliphatic rings. The molecule has 0 unspecified atom stereocenters. The topological polar surface area (TPSA) is 103 Å². The maximum Gasteiger partial charge on any atom is 0.416 e. The van der Waals surface area contributed by atoms with Crippen LogP contribution in [0.5, 0.6) is 5.75 Å². The molecule has 5 rings (SSSR count). The lowest BCUT2D eigenvalue weighted by atomic mass is 10.1. The Labute approximate surface area is 235 Å². The number of aromatic nitrogens is 3. The zero-order valence-electron chi connectivity index (χ0n) is 20.9. The van der Waals surface area contributed by atoms with E-state index in [1.807, 2.05) is 13.0 Å². The van der Waals surface area contributed by atoms with E-state index in [1.165, 1.54) is 22.2 Å². The molecule has 0 aliphatic carbocycles. The number of sulfonamides is 1. The average molecular weight is 609 g/mol. The number of ether oxygens (including phenoxy) is 1. The summed E-state index contributed by atoms with van der Waals surface area (Å²) in [6, 6.07) is 10.2. The molecule has 14 heteroatoms. The Hall–Kier alpha value is -3.52. The van der Waals surface area contributed by atoms with Crippen molar-refractivity contribution in [3.8, 4) is 16.3 Å². The van der Waals surface area contributed by atoms with Gasteiger partial charge < -0.3 is 9.30 Å². The highest BCUT2D eigenvalue weighted by molar-refractivity contribution is 7.89. The molecule has 0 bridgehead atoms. The molecular weight excluding hydrogens is 589 g/mol. The van der Waals surface area contributed by atoms with E-state index >= 15 is 0 Å². The average Bonchev–Trinajstić information content (AvgIpc) is 3.33. The molecule has 8 nitrogen and oxygen atoms in total. The molecule has 2 heterocycles. The quantitative estimate of drug-likeness (QED) is 0.243. The lowest BCUT2D eigenvalue weighted by Crippen LogP contribution is -2.28. The molecule has 0 radical (unpaired) electrons. The fourth-order valence-corrected chi connectivity index (χ4v) is 6.40. The highest BCUT2D eigenvalue weighted by Crippen LogP contribution is 2.38. The number of aryl methyl sites for hydroxylation is 2. The van der Waals surface area contributed by atoms with E-state index in [-0.39, 0.29) is 23.6 Å². The van der Waals surface area contributed by atoms with Gasteiger partial charge in [0.2, 0.25) is 10.0 Å². The van der Waals surface area contributed by atoms with Gasteiger partial charge in [0.1, 0.15) is 22.9 Å². The first-order valence-electron chi connectivity index (χ1n) is 11.7. The van der Waals surface area contributed by atoms with Gasteiger partial charge in [0, 0.05) is 25.2 Å². The Morgan fingerprint density at radius 1 is 1.10 bits per heavy atom. The number of fused-ring (bicyclic) bond motifs is 2. The van der Waals surface area contributed by atoms with Crippen LogP contribution in [0.2, 0.25) is 5.02 Å². The van der Waals surface area contributed by atoms with Crippen LogP contribution in [0, 0.1) is 6.92 Å². The number of benzene rings is 3. The van der Waals surface area contributed by atoms with Crippen molar-refractivity contribution in [2.45, 2.75) is 18.0 Å². The molecule has 40 heavy (non-hydrogen) atoms. The van der Waals surface area contributed by atoms with Gasteiger partial charge >= 0.3 is 6.18 Å². The molecule has 0 saturated heterocycles. The van der Waals surface area contributed by atoms with Crippen molar-refractivity contribution in [1.82, 2.24) is 19.3 Å². The van der Waals surface area contributed by atoms with Crippen LogP contribution >= 0.6 is 22.9 Å². The van der Waals surface area contributed by atoms with Crippen molar-refractivity contribution in [2.75, 3.05) is 13.2 Å². The van der Waals surface area contributed by atoms with Gasteiger partial charge in [0.05, 0.1) is 37.4 Å². The highest BCUT2D eigenvalue weighted by atomic mass is 35.5. The number of alkyl halides is 3. The molecule has 2 aromatic heterocycles. The highest BCUT2D eigenvalue weighted by Gasteiger charge is 2.30.